The molecule has 1 aliphatic heterocycles. The topological polar surface area (TPSA) is 30.3 Å². The van der Waals surface area contributed by atoms with Crippen LogP contribution in [0.4, 0.5) is 28.4 Å². The molecule has 0 aliphatic carbocycles. The van der Waals surface area contributed by atoms with E-state index in [1.807, 2.05) is 12.1 Å². The van der Waals surface area contributed by atoms with Crippen molar-refractivity contribution in [1.82, 2.24) is 0 Å². The van der Waals surface area contributed by atoms with Gasteiger partial charge < -0.3 is 9.80 Å². The molecule has 234 valence electrons. The Morgan fingerprint density at radius 1 is 0.500 bits per heavy atom. The van der Waals surface area contributed by atoms with Crippen LogP contribution in [-0.2, 0) is 6.42 Å². The monoisotopic (exact) mass is 637 g/mol. The predicted octanol–water partition coefficient (Wildman–Crippen LogP) is 12.4. The molecule has 0 amide bonds. The fourth-order valence-corrected chi connectivity index (χ4v) is 8.14. The van der Waals surface area contributed by atoms with Gasteiger partial charge in [-0.25, -0.2) is 0 Å². The van der Waals surface area contributed by atoms with Crippen molar-refractivity contribution in [2.75, 3.05) is 16.3 Å². The molecule has 0 radical (unpaired) electrons. The molecule has 0 unspecified atom stereocenters. The van der Waals surface area contributed by atoms with Crippen molar-refractivity contribution in [3.05, 3.63) is 175 Å². The zero-order valence-electron chi connectivity index (χ0n) is 27.3. The molecule has 0 spiro atoms. The Kier molecular flexibility index (Phi) is 6.37. The van der Waals surface area contributed by atoms with Crippen LogP contribution in [0.2, 0.25) is 0 Å². The summed E-state index contributed by atoms with van der Waals surface area (Å²) < 4.78 is 0. The lowest BCUT2D eigenvalue weighted by molar-refractivity contribution is 1.00. The lowest BCUT2D eigenvalue weighted by Crippen LogP contribution is -2.14. The molecular weight excluding hydrogens is 607 g/mol. The molecule has 1 heterocycles. The van der Waals surface area contributed by atoms with E-state index in [1.54, 1.807) is 0 Å². The first kappa shape index (κ1) is 28.4. The summed E-state index contributed by atoms with van der Waals surface area (Å²) in [7, 11) is 0. The van der Waals surface area contributed by atoms with Crippen LogP contribution >= 0.6 is 0 Å². The number of benzene rings is 9. The van der Waals surface area contributed by atoms with E-state index in [2.05, 4.69) is 168 Å². The second-order valence-electron chi connectivity index (χ2n) is 13.2. The van der Waals surface area contributed by atoms with Crippen molar-refractivity contribution in [3.63, 3.8) is 0 Å². The van der Waals surface area contributed by atoms with Crippen LogP contribution in [-0.4, -0.2) is 6.54 Å². The molecule has 0 N–H and O–H groups in total. The van der Waals surface area contributed by atoms with Gasteiger partial charge >= 0.3 is 0 Å². The van der Waals surface area contributed by atoms with Gasteiger partial charge in [0.15, 0.2) is 0 Å². The smallest absolute Gasteiger partial charge is 0.101 e. The Hall–Kier alpha value is -6.63. The highest BCUT2D eigenvalue weighted by Crippen LogP contribution is 2.47. The third-order valence-corrected chi connectivity index (χ3v) is 10.5. The van der Waals surface area contributed by atoms with Crippen LogP contribution in [0, 0.1) is 11.3 Å². The third-order valence-electron chi connectivity index (χ3n) is 10.5. The second-order valence-corrected chi connectivity index (χ2v) is 13.2. The first-order valence-corrected chi connectivity index (χ1v) is 17.2. The van der Waals surface area contributed by atoms with Crippen molar-refractivity contribution >= 4 is 71.5 Å². The predicted molar refractivity (Wildman–Crippen MR) is 210 cm³/mol. The molecule has 9 aromatic rings. The van der Waals surface area contributed by atoms with Crippen LogP contribution in [0.3, 0.4) is 0 Å². The minimum atomic E-state index is 0.625. The van der Waals surface area contributed by atoms with Gasteiger partial charge in [0.05, 0.1) is 16.9 Å². The highest BCUT2D eigenvalue weighted by molar-refractivity contribution is 6.28. The number of hydrogen-bond donors (Lipinski definition) is 0. The third kappa shape index (κ3) is 4.36. The molecule has 0 aromatic heterocycles. The van der Waals surface area contributed by atoms with Gasteiger partial charge in [-0.1, -0.05) is 115 Å². The summed E-state index contributed by atoms with van der Waals surface area (Å²) in [5.41, 5.74) is 9.60. The van der Waals surface area contributed by atoms with E-state index < -0.39 is 0 Å². The molecule has 0 saturated carbocycles. The maximum atomic E-state index is 10.7. The van der Waals surface area contributed by atoms with Crippen molar-refractivity contribution in [1.29, 1.82) is 5.26 Å². The van der Waals surface area contributed by atoms with Crippen molar-refractivity contribution in [2.24, 2.45) is 0 Å². The van der Waals surface area contributed by atoms with Gasteiger partial charge in [-0.05, 0) is 104 Å². The first-order valence-electron chi connectivity index (χ1n) is 17.2. The van der Waals surface area contributed by atoms with E-state index in [1.165, 1.54) is 54.6 Å². The van der Waals surface area contributed by atoms with Crippen LogP contribution < -0.4 is 9.80 Å². The number of hydrogen-bond acceptors (Lipinski definition) is 3. The number of nitrogens with zero attached hydrogens (tertiary/aromatic N) is 3. The second kappa shape index (κ2) is 11.2. The Bertz CT molecular complexity index is 2790. The maximum Gasteiger partial charge on any atom is 0.101 e. The summed E-state index contributed by atoms with van der Waals surface area (Å²) in [4.78, 5) is 4.74. The summed E-state index contributed by atoms with van der Waals surface area (Å²) in [6.45, 7) is 0.975. The van der Waals surface area contributed by atoms with Gasteiger partial charge in [0.2, 0.25) is 0 Å². The van der Waals surface area contributed by atoms with E-state index in [9.17, 15) is 5.26 Å². The molecule has 10 rings (SSSR count). The van der Waals surface area contributed by atoms with Crippen LogP contribution in [0.15, 0.2) is 164 Å². The number of anilines is 5. The van der Waals surface area contributed by atoms with Crippen LogP contribution in [0.1, 0.15) is 11.1 Å². The number of rotatable bonds is 5. The fourth-order valence-electron chi connectivity index (χ4n) is 8.14. The SMILES string of the molecule is N#Cc1cc(-c2ccc3ccccc3c2)ccc1N(c1ccccc1)c1ccc2ccc3c(N4CCc5ccccc54)ccc4ccc1c2c43. The van der Waals surface area contributed by atoms with E-state index in [4.69, 9.17) is 0 Å². The van der Waals surface area contributed by atoms with E-state index in [0.717, 1.165) is 46.5 Å². The number of fused-ring (bicyclic) bond motifs is 2. The minimum Gasteiger partial charge on any atom is -0.340 e. The highest BCUT2D eigenvalue weighted by atomic mass is 15.2. The molecule has 0 atom stereocenters. The van der Waals surface area contributed by atoms with Crippen molar-refractivity contribution in [2.45, 2.75) is 6.42 Å². The highest BCUT2D eigenvalue weighted by Gasteiger charge is 2.25. The van der Waals surface area contributed by atoms with Gasteiger partial charge in [-0.15, -0.1) is 0 Å². The molecule has 9 aromatic carbocycles. The van der Waals surface area contributed by atoms with E-state index >= 15 is 0 Å². The summed E-state index contributed by atoms with van der Waals surface area (Å²) in [5.74, 6) is 0. The lowest BCUT2D eigenvalue weighted by atomic mass is 9.91. The van der Waals surface area contributed by atoms with Crippen molar-refractivity contribution < 1.29 is 0 Å². The van der Waals surface area contributed by atoms with Gasteiger partial charge in [-0.2, -0.15) is 5.26 Å². The fraction of sp³-hybridized carbons (Fsp3) is 0.0426. The summed E-state index contributed by atoms with van der Waals surface area (Å²) in [6.07, 6.45) is 1.05. The molecule has 3 heteroatoms. The molecule has 0 fully saturated rings. The summed E-state index contributed by atoms with van der Waals surface area (Å²) >= 11 is 0. The van der Waals surface area contributed by atoms with Gasteiger partial charge in [0.1, 0.15) is 6.07 Å². The first-order chi connectivity index (χ1) is 24.7. The average Bonchev–Trinajstić information content (AvgIpc) is 3.62. The zero-order chi connectivity index (χ0) is 33.2. The Balaban J connectivity index is 1.17. The maximum absolute atomic E-state index is 10.7. The van der Waals surface area contributed by atoms with Crippen LogP contribution in [0.25, 0.3) is 54.2 Å². The van der Waals surface area contributed by atoms with Crippen LogP contribution in [0.5, 0.6) is 0 Å². The average molecular weight is 638 g/mol. The molecular formula is C47H31N3. The standard InChI is InChI=1S/C47H31N3/c48-30-38-29-37(36-15-14-31-8-4-5-10-35(31)28-36)20-23-43(38)50(39-11-2-1-3-12-39)45-25-19-34-16-21-40-44(49-27-26-32-9-6-7-13-42(32)49)24-18-33-17-22-41(45)47(34)46(33)40/h1-25,28-29H,26-27H2. The van der Waals surface area contributed by atoms with Crippen molar-refractivity contribution in [3.8, 4) is 17.2 Å². The lowest BCUT2D eigenvalue weighted by Gasteiger charge is -2.29. The molecule has 0 bridgehead atoms. The summed E-state index contributed by atoms with van der Waals surface area (Å²) in [6, 6.07) is 61.0. The Morgan fingerprint density at radius 3 is 2.00 bits per heavy atom. The normalized spacial score (nSPS) is 12.6. The van der Waals surface area contributed by atoms with E-state index in [-0.39, 0.29) is 0 Å². The largest absolute Gasteiger partial charge is 0.340 e. The number of nitriles is 1. The minimum absolute atomic E-state index is 0.625. The van der Waals surface area contributed by atoms with Gasteiger partial charge in [-0.3, -0.25) is 0 Å². The zero-order valence-corrected chi connectivity index (χ0v) is 27.3. The quantitative estimate of drug-likeness (QED) is 0.176. The number of para-hydroxylation sites is 2. The van der Waals surface area contributed by atoms with Gasteiger partial charge in [0, 0.05) is 34.4 Å². The summed E-state index contributed by atoms with van der Waals surface area (Å²) in [5, 5.41) is 20.4. The molecule has 1 aliphatic rings. The molecule has 0 saturated heterocycles. The molecule has 50 heavy (non-hydrogen) atoms. The Morgan fingerprint density at radius 2 is 1.14 bits per heavy atom. The Labute approximate surface area is 290 Å². The van der Waals surface area contributed by atoms with E-state index in [0.29, 0.717) is 5.56 Å². The molecule has 3 nitrogen and oxygen atoms in total. The van der Waals surface area contributed by atoms with Gasteiger partial charge in [0.25, 0.3) is 0 Å².